The zero-order valence-electron chi connectivity index (χ0n) is 12.4. The van der Waals surface area contributed by atoms with Gasteiger partial charge in [-0.2, -0.15) is 0 Å². The molecule has 2 fully saturated rings. The normalized spacial score (nSPS) is 32.8. The first kappa shape index (κ1) is 14.3. The van der Waals surface area contributed by atoms with Crippen molar-refractivity contribution in [3.8, 4) is 0 Å². The molecule has 2 aliphatic rings. The van der Waals surface area contributed by atoms with Crippen molar-refractivity contribution < 1.29 is 4.74 Å². The lowest BCUT2D eigenvalue weighted by Crippen LogP contribution is -2.64. The van der Waals surface area contributed by atoms with Gasteiger partial charge in [-0.3, -0.25) is 4.90 Å². The van der Waals surface area contributed by atoms with E-state index in [4.69, 9.17) is 4.74 Å². The third kappa shape index (κ3) is 2.89. The second-order valence-corrected chi connectivity index (χ2v) is 6.05. The number of hydrogen-bond donors (Lipinski definition) is 1. The molecule has 0 radical (unpaired) electrons. The highest BCUT2D eigenvalue weighted by Crippen LogP contribution is 2.29. The molecular weight excluding hydrogens is 224 g/mol. The Labute approximate surface area is 112 Å². The maximum Gasteiger partial charge on any atom is 0.0507 e. The first-order valence-electron chi connectivity index (χ1n) is 7.80. The third-order valence-electron chi connectivity index (χ3n) is 5.14. The molecule has 0 saturated carbocycles. The standard InChI is InChI=1S/C15H30N2O/c1-4-14-10-17(9-13-7-8-18-11-13)15(5-2,6-3)12-16-14/h13-14,16H,4-12H2,1-3H3. The fourth-order valence-corrected chi connectivity index (χ4v) is 3.50. The molecule has 3 heteroatoms. The summed E-state index contributed by atoms with van der Waals surface area (Å²) in [5, 5.41) is 3.74. The summed E-state index contributed by atoms with van der Waals surface area (Å²) in [6.45, 7) is 12.5. The van der Waals surface area contributed by atoms with Crippen molar-refractivity contribution in [1.29, 1.82) is 0 Å². The highest BCUT2D eigenvalue weighted by Gasteiger charge is 2.39. The summed E-state index contributed by atoms with van der Waals surface area (Å²) in [6.07, 6.45) is 4.99. The Balaban J connectivity index is 2.02. The average Bonchev–Trinajstić information content (AvgIpc) is 2.92. The number of nitrogens with zero attached hydrogens (tertiary/aromatic N) is 1. The van der Waals surface area contributed by atoms with Crippen LogP contribution >= 0.6 is 0 Å². The van der Waals surface area contributed by atoms with Gasteiger partial charge in [0.05, 0.1) is 6.61 Å². The molecule has 2 saturated heterocycles. The van der Waals surface area contributed by atoms with Gasteiger partial charge in [0.25, 0.3) is 0 Å². The number of hydrogen-bond acceptors (Lipinski definition) is 3. The largest absolute Gasteiger partial charge is 0.381 e. The van der Waals surface area contributed by atoms with Gasteiger partial charge in [-0.1, -0.05) is 20.8 Å². The first-order chi connectivity index (χ1) is 8.74. The van der Waals surface area contributed by atoms with E-state index in [0.717, 1.165) is 25.7 Å². The van der Waals surface area contributed by atoms with Crippen molar-refractivity contribution in [2.45, 2.75) is 58.0 Å². The van der Waals surface area contributed by atoms with E-state index in [0.29, 0.717) is 11.6 Å². The molecule has 0 amide bonds. The summed E-state index contributed by atoms with van der Waals surface area (Å²) in [4.78, 5) is 2.77. The van der Waals surface area contributed by atoms with Crippen molar-refractivity contribution in [2.24, 2.45) is 5.92 Å². The Bertz CT molecular complexity index is 247. The molecule has 2 heterocycles. The van der Waals surface area contributed by atoms with E-state index >= 15 is 0 Å². The van der Waals surface area contributed by atoms with E-state index < -0.39 is 0 Å². The first-order valence-corrected chi connectivity index (χ1v) is 7.80. The van der Waals surface area contributed by atoms with Crippen LogP contribution in [0.1, 0.15) is 46.5 Å². The zero-order chi connectivity index (χ0) is 13.0. The van der Waals surface area contributed by atoms with Gasteiger partial charge in [0.1, 0.15) is 0 Å². The molecule has 3 nitrogen and oxygen atoms in total. The van der Waals surface area contributed by atoms with Gasteiger partial charge in [-0.05, 0) is 31.6 Å². The molecule has 0 aromatic heterocycles. The Morgan fingerprint density at radius 2 is 2.06 bits per heavy atom. The maximum absolute atomic E-state index is 5.54. The van der Waals surface area contributed by atoms with Crippen molar-refractivity contribution in [1.82, 2.24) is 10.2 Å². The SMILES string of the molecule is CCC1CN(CC2CCOC2)C(CC)(CC)CN1. The molecule has 106 valence electrons. The number of ether oxygens (including phenoxy) is 1. The van der Waals surface area contributed by atoms with Crippen LogP contribution in [0.25, 0.3) is 0 Å². The lowest BCUT2D eigenvalue weighted by Gasteiger charge is -2.50. The molecular formula is C15H30N2O. The maximum atomic E-state index is 5.54. The Hall–Kier alpha value is -0.120. The fraction of sp³-hybridized carbons (Fsp3) is 1.00. The summed E-state index contributed by atoms with van der Waals surface area (Å²) in [5.74, 6) is 0.762. The molecule has 0 aliphatic carbocycles. The summed E-state index contributed by atoms with van der Waals surface area (Å²) in [7, 11) is 0. The van der Waals surface area contributed by atoms with Gasteiger partial charge in [-0.25, -0.2) is 0 Å². The van der Waals surface area contributed by atoms with Gasteiger partial charge < -0.3 is 10.1 Å². The summed E-state index contributed by atoms with van der Waals surface area (Å²) in [5.41, 5.74) is 0.383. The Morgan fingerprint density at radius 3 is 2.61 bits per heavy atom. The zero-order valence-corrected chi connectivity index (χ0v) is 12.4. The number of nitrogens with one attached hydrogen (secondary N) is 1. The molecule has 18 heavy (non-hydrogen) atoms. The van der Waals surface area contributed by atoms with E-state index in [1.165, 1.54) is 38.8 Å². The van der Waals surface area contributed by atoms with Crippen LogP contribution in [0.3, 0.4) is 0 Å². The minimum absolute atomic E-state index is 0.383. The molecule has 0 aromatic carbocycles. The fourth-order valence-electron chi connectivity index (χ4n) is 3.50. The highest BCUT2D eigenvalue weighted by molar-refractivity contribution is 4.98. The van der Waals surface area contributed by atoms with E-state index in [1.807, 2.05) is 0 Å². The van der Waals surface area contributed by atoms with Gasteiger partial charge >= 0.3 is 0 Å². The van der Waals surface area contributed by atoms with Crippen molar-refractivity contribution in [3.05, 3.63) is 0 Å². The molecule has 0 bridgehead atoms. The van der Waals surface area contributed by atoms with E-state index in [-0.39, 0.29) is 0 Å². The van der Waals surface area contributed by atoms with Crippen LogP contribution < -0.4 is 5.32 Å². The van der Waals surface area contributed by atoms with Crippen LogP contribution in [0, 0.1) is 5.92 Å². The molecule has 0 spiro atoms. The minimum Gasteiger partial charge on any atom is -0.381 e. The summed E-state index contributed by atoms with van der Waals surface area (Å²) >= 11 is 0. The quantitative estimate of drug-likeness (QED) is 0.814. The smallest absolute Gasteiger partial charge is 0.0507 e. The van der Waals surface area contributed by atoms with Gasteiger partial charge in [-0.15, -0.1) is 0 Å². The van der Waals surface area contributed by atoms with E-state index in [1.54, 1.807) is 0 Å². The number of piperazine rings is 1. The second-order valence-electron chi connectivity index (χ2n) is 6.05. The predicted octanol–water partition coefficient (Wildman–Crippen LogP) is 2.27. The summed E-state index contributed by atoms with van der Waals surface area (Å²) < 4.78 is 5.54. The molecule has 2 rings (SSSR count). The molecule has 2 atom stereocenters. The molecule has 2 aliphatic heterocycles. The lowest BCUT2D eigenvalue weighted by molar-refractivity contribution is 0.0165. The van der Waals surface area contributed by atoms with Gasteiger partial charge in [0, 0.05) is 37.8 Å². The summed E-state index contributed by atoms with van der Waals surface area (Å²) in [6, 6.07) is 0.679. The van der Waals surface area contributed by atoms with Gasteiger partial charge in [0.15, 0.2) is 0 Å². The monoisotopic (exact) mass is 254 g/mol. The van der Waals surface area contributed by atoms with Crippen LogP contribution in [0.5, 0.6) is 0 Å². The molecule has 2 unspecified atom stereocenters. The molecule has 0 aromatic rings. The van der Waals surface area contributed by atoms with Crippen LogP contribution in [0.4, 0.5) is 0 Å². The van der Waals surface area contributed by atoms with Crippen LogP contribution in [0.2, 0.25) is 0 Å². The Morgan fingerprint density at radius 1 is 1.28 bits per heavy atom. The minimum atomic E-state index is 0.383. The second kappa shape index (κ2) is 6.36. The van der Waals surface area contributed by atoms with Gasteiger partial charge in [0.2, 0.25) is 0 Å². The van der Waals surface area contributed by atoms with Crippen LogP contribution in [-0.2, 0) is 4.74 Å². The third-order valence-corrected chi connectivity index (χ3v) is 5.14. The topological polar surface area (TPSA) is 24.5 Å². The highest BCUT2D eigenvalue weighted by atomic mass is 16.5. The van der Waals surface area contributed by atoms with Crippen LogP contribution in [0.15, 0.2) is 0 Å². The van der Waals surface area contributed by atoms with Crippen molar-refractivity contribution >= 4 is 0 Å². The molecule has 1 N–H and O–H groups in total. The number of rotatable bonds is 5. The lowest BCUT2D eigenvalue weighted by atomic mass is 9.86. The Kier molecular flexibility index (Phi) is 5.05. The van der Waals surface area contributed by atoms with E-state index in [9.17, 15) is 0 Å². The van der Waals surface area contributed by atoms with Crippen molar-refractivity contribution in [3.63, 3.8) is 0 Å². The van der Waals surface area contributed by atoms with E-state index in [2.05, 4.69) is 31.0 Å². The van der Waals surface area contributed by atoms with Crippen molar-refractivity contribution in [2.75, 3.05) is 32.8 Å². The predicted molar refractivity (Wildman–Crippen MR) is 75.9 cm³/mol. The average molecular weight is 254 g/mol. The van der Waals surface area contributed by atoms with Crippen LogP contribution in [-0.4, -0.2) is 49.3 Å².